The first-order valence-electron chi connectivity index (χ1n) is 11.5. The molecular formula is C26H25N5O4. The Hall–Kier alpha value is -4.27. The minimum atomic E-state index is -0.693. The lowest BCUT2D eigenvalue weighted by atomic mass is 9.94. The summed E-state index contributed by atoms with van der Waals surface area (Å²) in [5.41, 5.74) is 3.17. The average Bonchev–Trinajstić information content (AvgIpc) is 3.38. The maximum Gasteiger partial charge on any atom is 0.290 e. The first-order chi connectivity index (χ1) is 17.1. The van der Waals surface area contributed by atoms with Gasteiger partial charge in [-0.1, -0.05) is 24.3 Å². The van der Waals surface area contributed by atoms with Crippen LogP contribution in [0.25, 0.3) is 11.4 Å². The average molecular weight is 472 g/mol. The van der Waals surface area contributed by atoms with Gasteiger partial charge in [-0.25, -0.2) is 4.98 Å². The second kappa shape index (κ2) is 9.54. The molecule has 9 nitrogen and oxygen atoms in total. The van der Waals surface area contributed by atoms with Crippen molar-refractivity contribution in [2.45, 2.75) is 5.92 Å². The number of nitrogens with one attached hydrogen (secondary N) is 1. The number of ether oxygens (including phenoxy) is 1. The number of benzene rings is 1. The second-order valence-electron chi connectivity index (χ2n) is 8.43. The number of rotatable bonds is 5. The fourth-order valence-corrected chi connectivity index (χ4v) is 4.60. The Labute approximate surface area is 202 Å². The van der Waals surface area contributed by atoms with Crippen molar-refractivity contribution in [2.75, 3.05) is 45.2 Å². The van der Waals surface area contributed by atoms with Crippen molar-refractivity contribution in [3.05, 3.63) is 72.1 Å². The minimum absolute atomic E-state index is 0.0720. The van der Waals surface area contributed by atoms with Crippen LogP contribution in [0.5, 0.6) is 5.75 Å². The van der Waals surface area contributed by atoms with Crippen LogP contribution in [0.1, 0.15) is 21.8 Å². The molecule has 1 saturated heterocycles. The van der Waals surface area contributed by atoms with Gasteiger partial charge in [-0.05, 0) is 24.3 Å². The highest BCUT2D eigenvalue weighted by atomic mass is 16.5. The van der Waals surface area contributed by atoms with E-state index in [1.165, 1.54) is 12.0 Å². The van der Waals surface area contributed by atoms with E-state index < -0.39 is 17.6 Å². The molecule has 2 amide bonds. The number of Topliss-reactive ketones (excluding diaryl/α,β-unsaturated/α-hetero) is 1. The molecule has 35 heavy (non-hydrogen) atoms. The van der Waals surface area contributed by atoms with Gasteiger partial charge < -0.3 is 19.9 Å². The molecule has 0 aliphatic carbocycles. The van der Waals surface area contributed by atoms with E-state index in [1.807, 2.05) is 36.4 Å². The number of fused-ring (bicyclic) bond motifs is 1. The molecule has 1 unspecified atom stereocenters. The molecule has 2 aliphatic heterocycles. The van der Waals surface area contributed by atoms with Crippen LogP contribution in [0.2, 0.25) is 0 Å². The summed E-state index contributed by atoms with van der Waals surface area (Å²) in [6.45, 7) is 1.65. The van der Waals surface area contributed by atoms with E-state index in [1.54, 1.807) is 29.4 Å². The van der Waals surface area contributed by atoms with Gasteiger partial charge in [0.05, 0.1) is 30.6 Å². The number of carbonyl (C=O) groups is 3. The fourth-order valence-electron chi connectivity index (χ4n) is 4.60. The van der Waals surface area contributed by atoms with E-state index >= 15 is 0 Å². The number of anilines is 1. The lowest BCUT2D eigenvalue weighted by Crippen LogP contribution is -2.52. The highest BCUT2D eigenvalue weighted by Gasteiger charge is 2.39. The van der Waals surface area contributed by atoms with Gasteiger partial charge in [0.1, 0.15) is 11.4 Å². The Balaban J connectivity index is 1.32. The number of pyridine rings is 2. The maximum absolute atomic E-state index is 13.4. The van der Waals surface area contributed by atoms with Crippen LogP contribution in [0.3, 0.4) is 0 Å². The molecule has 2 aliphatic rings. The largest absolute Gasteiger partial charge is 0.495 e. The van der Waals surface area contributed by atoms with Gasteiger partial charge >= 0.3 is 0 Å². The van der Waals surface area contributed by atoms with Gasteiger partial charge in [0, 0.05) is 50.0 Å². The number of hydrogen-bond donors (Lipinski definition) is 1. The highest BCUT2D eigenvalue weighted by molar-refractivity contribution is 6.38. The summed E-state index contributed by atoms with van der Waals surface area (Å²) in [6.07, 6.45) is 3.24. The van der Waals surface area contributed by atoms with E-state index in [0.29, 0.717) is 60.1 Å². The zero-order valence-electron chi connectivity index (χ0n) is 19.3. The number of aromatic nitrogens is 2. The topological polar surface area (TPSA) is 105 Å². The van der Waals surface area contributed by atoms with Crippen molar-refractivity contribution in [1.82, 2.24) is 19.8 Å². The van der Waals surface area contributed by atoms with Gasteiger partial charge in [-0.15, -0.1) is 0 Å². The Kier molecular flexibility index (Phi) is 6.13. The molecule has 0 saturated carbocycles. The van der Waals surface area contributed by atoms with Crippen LogP contribution < -0.4 is 10.1 Å². The van der Waals surface area contributed by atoms with E-state index in [2.05, 4.69) is 15.3 Å². The molecule has 9 heteroatoms. The summed E-state index contributed by atoms with van der Waals surface area (Å²) in [4.78, 5) is 51.3. The quantitative estimate of drug-likeness (QED) is 0.569. The molecule has 5 rings (SSSR count). The molecule has 178 valence electrons. The highest BCUT2D eigenvalue weighted by Crippen LogP contribution is 2.43. The number of amides is 2. The zero-order chi connectivity index (χ0) is 24.4. The van der Waals surface area contributed by atoms with Crippen molar-refractivity contribution in [1.29, 1.82) is 0 Å². The maximum atomic E-state index is 13.4. The predicted molar refractivity (Wildman–Crippen MR) is 129 cm³/mol. The van der Waals surface area contributed by atoms with Gasteiger partial charge in [-0.2, -0.15) is 0 Å². The van der Waals surface area contributed by atoms with E-state index in [4.69, 9.17) is 4.74 Å². The Morgan fingerprint density at radius 2 is 1.66 bits per heavy atom. The third-order valence-corrected chi connectivity index (χ3v) is 6.44. The van der Waals surface area contributed by atoms with Crippen LogP contribution >= 0.6 is 0 Å². The molecule has 1 atom stereocenters. The summed E-state index contributed by atoms with van der Waals surface area (Å²) in [5, 5.41) is 3.24. The van der Waals surface area contributed by atoms with Gasteiger partial charge in [0.2, 0.25) is 5.78 Å². The number of methoxy groups -OCH3 is 1. The van der Waals surface area contributed by atoms with Crippen LogP contribution in [-0.2, 0) is 9.59 Å². The summed E-state index contributed by atoms with van der Waals surface area (Å²) >= 11 is 0. The standard InChI is InChI=1S/C26H25N5O4/c1-35-20-16-29-22(19-9-5-6-10-27-19)23-21(20)18(15-28-23)24(32)26(34)31-13-11-30(12-14-31)25(33)17-7-3-2-4-8-17/h2-10,16,18,28H,11-15H2,1H3. The third kappa shape index (κ3) is 4.21. The molecule has 0 radical (unpaired) electrons. The van der Waals surface area contributed by atoms with Gasteiger partial charge in [0.15, 0.2) is 0 Å². The number of hydrogen-bond acceptors (Lipinski definition) is 7. The normalized spacial score (nSPS) is 16.9. The molecule has 2 aromatic heterocycles. The first kappa shape index (κ1) is 22.5. The van der Waals surface area contributed by atoms with Crippen LogP contribution in [0.4, 0.5) is 5.69 Å². The van der Waals surface area contributed by atoms with Crippen molar-refractivity contribution < 1.29 is 19.1 Å². The molecule has 4 heterocycles. The predicted octanol–water partition coefficient (Wildman–Crippen LogP) is 2.21. The lowest BCUT2D eigenvalue weighted by Gasteiger charge is -2.34. The zero-order valence-corrected chi connectivity index (χ0v) is 19.3. The van der Waals surface area contributed by atoms with Crippen LogP contribution in [0, 0.1) is 0 Å². The van der Waals surface area contributed by atoms with E-state index in [0.717, 1.165) is 0 Å². The van der Waals surface area contributed by atoms with Crippen molar-refractivity contribution in [3.8, 4) is 17.1 Å². The Bertz CT molecular complexity index is 1260. The summed E-state index contributed by atoms with van der Waals surface area (Å²) in [6, 6.07) is 14.6. The van der Waals surface area contributed by atoms with Gasteiger partial charge in [-0.3, -0.25) is 19.4 Å². The lowest BCUT2D eigenvalue weighted by molar-refractivity contribution is -0.146. The van der Waals surface area contributed by atoms with Crippen LogP contribution in [-0.4, -0.2) is 77.2 Å². The molecule has 3 aromatic rings. The molecule has 0 bridgehead atoms. The first-order valence-corrected chi connectivity index (χ1v) is 11.5. The fraction of sp³-hybridized carbons (Fsp3) is 0.269. The van der Waals surface area contributed by atoms with Crippen molar-refractivity contribution in [2.24, 2.45) is 0 Å². The van der Waals surface area contributed by atoms with Crippen molar-refractivity contribution in [3.63, 3.8) is 0 Å². The molecular weight excluding hydrogens is 446 g/mol. The summed E-state index contributed by atoms with van der Waals surface area (Å²) < 4.78 is 5.49. The minimum Gasteiger partial charge on any atom is -0.495 e. The molecule has 1 fully saturated rings. The number of carbonyl (C=O) groups excluding carboxylic acids is 3. The Morgan fingerprint density at radius 1 is 0.943 bits per heavy atom. The molecule has 1 N–H and O–H groups in total. The summed E-state index contributed by atoms with van der Waals surface area (Å²) in [7, 11) is 1.52. The number of nitrogens with zero attached hydrogens (tertiary/aromatic N) is 4. The van der Waals surface area contributed by atoms with E-state index in [9.17, 15) is 14.4 Å². The third-order valence-electron chi connectivity index (χ3n) is 6.44. The Morgan fingerprint density at radius 3 is 2.34 bits per heavy atom. The van der Waals surface area contributed by atoms with Crippen LogP contribution in [0.15, 0.2) is 60.9 Å². The SMILES string of the molecule is COc1cnc(-c2ccccn2)c2c1C(C(=O)C(=O)N1CCN(C(=O)c3ccccc3)CC1)CN2. The molecule has 0 spiro atoms. The monoisotopic (exact) mass is 471 g/mol. The van der Waals surface area contributed by atoms with Crippen molar-refractivity contribution >= 4 is 23.3 Å². The van der Waals surface area contributed by atoms with E-state index in [-0.39, 0.29) is 12.5 Å². The smallest absolute Gasteiger partial charge is 0.290 e. The second-order valence-corrected chi connectivity index (χ2v) is 8.43. The molecule has 1 aromatic carbocycles. The van der Waals surface area contributed by atoms with Gasteiger partial charge in [0.25, 0.3) is 11.8 Å². The number of piperazine rings is 1. The number of ketones is 1. The summed E-state index contributed by atoms with van der Waals surface area (Å²) in [5.74, 6) is -1.36.